The van der Waals surface area contributed by atoms with E-state index in [1.54, 1.807) is 0 Å². The summed E-state index contributed by atoms with van der Waals surface area (Å²) in [6.45, 7) is 0.830. The summed E-state index contributed by atoms with van der Waals surface area (Å²) in [5.74, 6) is 0.599. The van der Waals surface area contributed by atoms with Crippen molar-refractivity contribution in [3.05, 3.63) is 11.9 Å². The molecule has 0 aromatic carbocycles. The Hall–Kier alpha value is -0.610. The lowest BCUT2D eigenvalue weighted by Crippen LogP contribution is -2.32. The van der Waals surface area contributed by atoms with Gasteiger partial charge in [0.1, 0.15) is 0 Å². The average molecular weight is 284 g/mol. The molecule has 1 saturated carbocycles. The van der Waals surface area contributed by atoms with Crippen molar-refractivity contribution in [2.75, 3.05) is 5.88 Å². The van der Waals surface area contributed by atoms with Gasteiger partial charge in [0.25, 0.3) is 0 Å². The smallest absolute Gasteiger partial charge is 0.0839 e. The van der Waals surface area contributed by atoms with Crippen LogP contribution in [0.5, 0.6) is 0 Å². The maximum atomic E-state index is 6.35. The summed E-state index contributed by atoms with van der Waals surface area (Å²) in [5.41, 5.74) is 1.17. The quantitative estimate of drug-likeness (QED) is 0.798. The summed E-state index contributed by atoms with van der Waals surface area (Å²) in [6, 6.07) is 0. The Balaban J connectivity index is 1.55. The first-order valence-electron chi connectivity index (χ1n) is 7.42. The Morgan fingerprint density at radius 1 is 1.32 bits per heavy atom. The fraction of sp³-hybridized carbons (Fsp3) is 0.857. The molecule has 0 N–H and O–H groups in total. The summed E-state index contributed by atoms with van der Waals surface area (Å²) >= 11 is 5.71. The zero-order chi connectivity index (χ0) is 13.1. The Labute approximate surface area is 119 Å². The minimum atomic E-state index is 0.197. The van der Waals surface area contributed by atoms with Gasteiger partial charge in [0.05, 0.1) is 23.9 Å². The number of ether oxygens (including phenoxy) is 1. The van der Waals surface area contributed by atoms with Gasteiger partial charge in [-0.1, -0.05) is 24.5 Å². The highest BCUT2D eigenvalue weighted by Crippen LogP contribution is 2.42. The van der Waals surface area contributed by atoms with E-state index in [2.05, 4.69) is 10.3 Å². The number of aromatic nitrogens is 3. The fourth-order valence-electron chi connectivity index (χ4n) is 3.44. The summed E-state index contributed by atoms with van der Waals surface area (Å²) in [7, 11) is 0. The molecular weight excluding hydrogens is 262 g/mol. The van der Waals surface area contributed by atoms with Gasteiger partial charge < -0.3 is 4.74 Å². The molecule has 2 fully saturated rings. The predicted molar refractivity (Wildman–Crippen MR) is 74.4 cm³/mol. The van der Waals surface area contributed by atoms with Crippen molar-refractivity contribution in [3.63, 3.8) is 0 Å². The van der Waals surface area contributed by atoms with Crippen molar-refractivity contribution in [3.8, 4) is 0 Å². The van der Waals surface area contributed by atoms with E-state index in [1.165, 1.54) is 38.5 Å². The number of halogens is 1. The van der Waals surface area contributed by atoms with E-state index in [9.17, 15) is 0 Å². The highest BCUT2D eigenvalue weighted by molar-refractivity contribution is 6.17. The highest BCUT2D eigenvalue weighted by atomic mass is 35.5. The number of hydrogen-bond donors (Lipinski definition) is 0. The molecule has 1 unspecified atom stereocenters. The number of hydrogen-bond acceptors (Lipinski definition) is 3. The first-order valence-corrected chi connectivity index (χ1v) is 7.96. The highest BCUT2D eigenvalue weighted by Gasteiger charge is 2.40. The summed E-state index contributed by atoms with van der Waals surface area (Å²) in [4.78, 5) is 0. The third-order valence-electron chi connectivity index (χ3n) is 4.43. The molecule has 1 atom stereocenters. The lowest BCUT2D eigenvalue weighted by Gasteiger charge is -2.33. The van der Waals surface area contributed by atoms with E-state index in [0.29, 0.717) is 12.0 Å². The van der Waals surface area contributed by atoms with Gasteiger partial charge in [0, 0.05) is 18.5 Å². The van der Waals surface area contributed by atoms with Crippen molar-refractivity contribution in [2.24, 2.45) is 0 Å². The van der Waals surface area contributed by atoms with Gasteiger partial charge in [-0.15, -0.1) is 16.7 Å². The third-order valence-corrected chi connectivity index (χ3v) is 4.62. The molecule has 106 valence electrons. The normalized spacial score (nSPS) is 26.1. The third kappa shape index (κ3) is 3.11. The van der Waals surface area contributed by atoms with Gasteiger partial charge in [-0.05, 0) is 25.7 Å². The summed E-state index contributed by atoms with van der Waals surface area (Å²) in [5, 5.41) is 8.28. The van der Waals surface area contributed by atoms with Crippen LogP contribution in [-0.2, 0) is 17.7 Å². The van der Waals surface area contributed by atoms with Gasteiger partial charge in [0.15, 0.2) is 0 Å². The van der Waals surface area contributed by atoms with Crippen LogP contribution in [0.25, 0.3) is 0 Å². The Morgan fingerprint density at radius 3 is 2.95 bits per heavy atom. The van der Waals surface area contributed by atoms with Crippen LogP contribution in [0.1, 0.15) is 50.6 Å². The van der Waals surface area contributed by atoms with Crippen LogP contribution in [0.3, 0.4) is 0 Å². The van der Waals surface area contributed by atoms with Crippen LogP contribution in [0, 0.1) is 0 Å². The maximum Gasteiger partial charge on any atom is 0.0839 e. The molecule has 1 aliphatic carbocycles. The molecule has 19 heavy (non-hydrogen) atoms. The molecule has 5 heteroatoms. The standard InChI is InChI=1S/C14H22ClN3O/c15-9-5-12-10-18(17-16-12)11-13-4-8-14(19-13)6-2-1-3-7-14/h10,13H,1-9,11H2. The Kier molecular flexibility index (Phi) is 4.08. The van der Waals surface area contributed by atoms with Crippen molar-refractivity contribution in [1.82, 2.24) is 15.0 Å². The molecule has 1 spiro atoms. The van der Waals surface area contributed by atoms with E-state index in [4.69, 9.17) is 16.3 Å². The van der Waals surface area contributed by atoms with Crippen LogP contribution in [0.4, 0.5) is 0 Å². The van der Waals surface area contributed by atoms with Gasteiger partial charge in [-0.3, -0.25) is 0 Å². The fourth-order valence-corrected chi connectivity index (χ4v) is 3.63. The number of rotatable bonds is 4. The van der Waals surface area contributed by atoms with Gasteiger partial charge in [-0.2, -0.15) is 0 Å². The molecule has 0 amide bonds. The molecule has 0 radical (unpaired) electrons. The minimum absolute atomic E-state index is 0.197. The zero-order valence-electron chi connectivity index (χ0n) is 11.4. The van der Waals surface area contributed by atoms with Gasteiger partial charge >= 0.3 is 0 Å². The lowest BCUT2D eigenvalue weighted by atomic mass is 9.83. The molecule has 1 aromatic rings. The topological polar surface area (TPSA) is 39.9 Å². The molecule has 1 saturated heterocycles. The monoisotopic (exact) mass is 283 g/mol. The van der Waals surface area contributed by atoms with Crippen LogP contribution in [-0.4, -0.2) is 32.6 Å². The maximum absolute atomic E-state index is 6.35. The molecule has 3 rings (SSSR count). The molecule has 1 aromatic heterocycles. The van der Waals surface area contributed by atoms with E-state index in [1.807, 2.05) is 10.9 Å². The van der Waals surface area contributed by atoms with E-state index >= 15 is 0 Å². The number of aryl methyl sites for hydroxylation is 1. The van der Waals surface area contributed by atoms with E-state index < -0.39 is 0 Å². The SMILES string of the molecule is ClCCc1cn(CC2CCC3(CCCCC3)O2)nn1. The van der Waals surface area contributed by atoms with Gasteiger partial charge in [-0.25, -0.2) is 4.68 Å². The minimum Gasteiger partial charge on any atom is -0.370 e. The summed E-state index contributed by atoms with van der Waals surface area (Å²) < 4.78 is 8.26. The van der Waals surface area contributed by atoms with Crippen LogP contribution < -0.4 is 0 Å². The van der Waals surface area contributed by atoms with Crippen LogP contribution in [0.2, 0.25) is 0 Å². The Morgan fingerprint density at radius 2 is 2.16 bits per heavy atom. The van der Waals surface area contributed by atoms with E-state index in [-0.39, 0.29) is 5.60 Å². The second-order valence-corrected chi connectivity index (χ2v) is 6.27. The summed E-state index contributed by atoms with van der Waals surface area (Å²) in [6.07, 6.45) is 12.0. The van der Waals surface area contributed by atoms with Crippen molar-refractivity contribution >= 4 is 11.6 Å². The van der Waals surface area contributed by atoms with Crippen LogP contribution >= 0.6 is 11.6 Å². The first-order chi connectivity index (χ1) is 9.30. The second kappa shape index (κ2) is 5.80. The zero-order valence-corrected chi connectivity index (χ0v) is 12.1. The average Bonchev–Trinajstić information content (AvgIpc) is 3.00. The molecule has 2 heterocycles. The van der Waals surface area contributed by atoms with E-state index in [0.717, 1.165) is 25.1 Å². The number of nitrogens with zero attached hydrogens (tertiary/aromatic N) is 3. The predicted octanol–water partition coefficient (Wildman–Crippen LogP) is 2.94. The van der Waals surface area contributed by atoms with Crippen molar-refractivity contribution in [1.29, 1.82) is 0 Å². The molecule has 1 aliphatic heterocycles. The van der Waals surface area contributed by atoms with Crippen LogP contribution in [0.15, 0.2) is 6.20 Å². The molecule has 2 aliphatic rings. The van der Waals surface area contributed by atoms with Crippen molar-refractivity contribution < 1.29 is 4.74 Å². The molecule has 0 bridgehead atoms. The molecular formula is C14H22ClN3O. The second-order valence-electron chi connectivity index (χ2n) is 5.89. The lowest BCUT2D eigenvalue weighted by molar-refractivity contribution is -0.0689. The first kappa shape index (κ1) is 13.4. The molecule has 4 nitrogen and oxygen atoms in total. The Bertz CT molecular complexity index is 415. The van der Waals surface area contributed by atoms with Crippen molar-refractivity contribution in [2.45, 2.75) is 69.6 Å². The number of alkyl halides is 1. The largest absolute Gasteiger partial charge is 0.370 e. The van der Waals surface area contributed by atoms with Gasteiger partial charge in [0.2, 0.25) is 0 Å².